The van der Waals surface area contributed by atoms with Crippen molar-refractivity contribution in [3.05, 3.63) is 29.6 Å². The summed E-state index contributed by atoms with van der Waals surface area (Å²) in [5.74, 6) is 1.03. The van der Waals surface area contributed by atoms with Crippen molar-refractivity contribution in [2.24, 2.45) is 4.99 Å². The lowest BCUT2D eigenvalue weighted by molar-refractivity contribution is 0.394. The van der Waals surface area contributed by atoms with Crippen LogP contribution >= 0.6 is 0 Å². The van der Waals surface area contributed by atoms with Gasteiger partial charge in [-0.05, 0) is 25.0 Å². The van der Waals surface area contributed by atoms with E-state index in [9.17, 15) is 4.39 Å². The Balaban J connectivity index is 2.03. The minimum Gasteiger partial charge on any atom is -0.356 e. The maximum atomic E-state index is 13.6. The zero-order chi connectivity index (χ0) is 11.0. The summed E-state index contributed by atoms with van der Waals surface area (Å²) in [6, 6.07) is 5.18. The van der Waals surface area contributed by atoms with E-state index in [-0.39, 0.29) is 5.82 Å². The number of rotatable bonds is 0. The first-order chi connectivity index (χ1) is 7.84. The Morgan fingerprint density at radius 2 is 2.12 bits per heavy atom. The van der Waals surface area contributed by atoms with E-state index in [1.165, 1.54) is 25.3 Å². The van der Waals surface area contributed by atoms with Gasteiger partial charge in [0.1, 0.15) is 11.7 Å². The highest BCUT2D eigenvalue weighted by molar-refractivity contribution is 5.87. The van der Waals surface area contributed by atoms with Crippen LogP contribution in [0.2, 0.25) is 0 Å². The first kappa shape index (κ1) is 9.82. The SMILES string of the molecule is Fc1cccc2c1CN1CCCCCC1=N2. The van der Waals surface area contributed by atoms with Crippen LogP contribution in [0.25, 0.3) is 0 Å². The Bertz CT molecular complexity index is 440. The molecule has 0 saturated carbocycles. The fourth-order valence-corrected chi connectivity index (χ4v) is 2.49. The summed E-state index contributed by atoms with van der Waals surface area (Å²) in [7, 11) is 0. The summed E-state index contributed by atoms with van der Waals surface area (Å²) in [4.78, 5) is 6.83. The standard InChI is InChI=1S/C13H15FN2/c14-11-5-4-6-12-10(11)9-16-8-3-1-2-7-13(16)15-12/h4-6H,1-3,7-9H2. The van der Waals surface area contributed by atoms with Crippen LogP contribution in [0.5, 0.6) is 0 Å². The summed E-state index contributed by atoms with van der Waals surface area (Å²) >= 11 is 0. The second-order valence-electron chi connectivity index (χ2n) is 4.50. The van der Waals surface area contributed by atoms with E-state index < -0.39 is 0 Å². The molecule has 0 radical (unpaired) electrons. The third-order valence-corrected chi connectivity index (χ3v) is 3.39. The van der Waals surface area contributed by atoms with Crippen molar-refractivity contribution >= 4 is 11.5 Å². The molecule has 2 aliphatic heterocycles. The van der Waals surface area contributed by atoms with E-state index in [1.807, 2.05) is 6.07 Å². The molecule has 16 heavy (non-hydrogen) atoms. The number of halogens is 1. The Labute approximate surface area is 94.8 Å². The summed E-state index contributed by atoms with van der Waals surface area (Å²) in [6.45, 7) is 1.72. The molecular weight excluding hydrogens is 203 g/mol. The lowest BCUT2D eigenvalue weighted by Crippen LogP contribution is -2.32. The molecule has 3 heteroatoms. The molecule has 0 amide bonds. The van der Waals surface area contributed by atoms with E-state index in [1.54, 1.807) is 6.07 Å². The van der Waals surface area contributed by atoms with Gasteiger partial charge in [-0.15, -0.1) is 0 Å². The minimum atomic E-state index is -0.121. The van der Waals surface area contributed by atoms with E-state index in [0.29, 0.717) is 6.54 Å². The van der Waals surface area contributed by atoms with Crippen molar-refractivity contribution in [1.29, 1.82) is 0 Å². The predicted octanol–water partition coefficient (Wildman–Crippen LogP) is 3.25. The summed E-state index contributed by atoms with van der Waals surface area (Å²) < 4.78 is 13.6. The minimum absolute atomic E-state index is 0.121. The first-order valence-electron chi connectivity index (χ1n) is 5.94. The van der Waals surface area contributed by atoms with Gasteiger partial charge in [0.15, 0.2) is 0 Å². The Kier molecular flexibility index (Phi) is 2.39. The maximum absolute atomic E-state index is 13.6. The molecule has 2 heterocycles. The molecule has 1 saturated heterocycles. The van der Waals surface area contributed by atoms with Crippen molar-refractivity contribution in [2.75, 3.05) is 6.54 Å². The largest absolute Gasteiger partial charge is 0.356 e. The lowest BCUT2D eigenvalue weighted by Gasteiger charge is -2.29. The Morgan fingerprint density at radius 3 is 3.06 bits per heavy atom. The van der Waals surface area contributed by atoms with Crippen LogP contribution < -0.4 is 0 Å². The number of fused-ring (bicyclic) bond motifs is 2. The van der Waals surface area contributed by atoms with Gasteiger partial charge in [0.05, 0.1) is 5.69 Å². The van der Waals surface area contributed by atoms with Crippen LogP contribution in [0.3, 0.4) is 0 Å². The lowest BCUT2D eigenvalue weighted by atomic mass is 10.1. The van der Waals surface area contributed by atoms with Gasteiger partial charge in [0.2, 0.25) is 0 Å². The molecular formula is C13H15FN2. The van der Waals surface area contributed by atoms with Crippen LogP contribution in [0.15, 0.2) is 23.2 Å². The molecule has 0 unspecified atom stereocenters. The van der Waals surface area contributed by atoms with Gasteiger partial charge in [-0.1, -0.05) is 12.5 Å². The molecule has 0 aromatic heterocycles. The highest BCUT2D eigenvalue weighted by Gasteiger charge is 2.22. The molecule has 84 valence electrons. The second kappa shape index (κ2) is 3.89. The predicted molar refractivity (Wildman–Crippen MR) is 62.4 cm³/mol. The van der Waals surface area contributed by atoms with Gasteiger partial charge in [-0.25, -0.2) is 9.38 Å². The fourth-order valence-electron chi connectivity index (χ4n) is 2.49. The zero-order valence-corrected chi connectivity index (χ0v) is 9.25. The van der Waals surface area contributed by atoms with E-state index in [0.717, 1.165) is 30.1 Å². The topological polar surface area (TPSA) is 15.6 Å². The Morgan fingerprint density at radius 1 is 1.19 bits per heavy atom. The number of hydrogen-bond donors (Lipinski definition) is 0. The van der Waals surface area contributed by atoms with Crippen LogP contribution in [-0.2, 0) is 6.54 Å². The summed E-state index contributed by atoms with van der Waals surface area (Å²) in [5, 5.41) is 0. The van der Waals surface area contributed by atoms with Crippen LogP contribution in [0, 0.1) is 5.82 Å². The fraction of sp³-hybridized carbons (Fsp3) is 0.462. The second-order valence-corrected chi connectivity index (χ2v) is 4.50. The van der Waals surface area contributed by atoms with Crippen LogP contribution in [0.4, 0.5) is 10.1 Å². The van der Waals surface area contributed by atoms with Crippen molar-refractivity contribution < 1.29 is 4.39 Å². The van der Waals surface area contributed by atoms with Gasteiger partial charge >= 0.3 is 0 Å². The smallest absolute Gasteiger partial charge is 0.130 e. The first-order valence-corrected chi connectivity index (χ1v) is 5.94. The Hall–Kier alpha value is -1.38. The number of benzene rings is 1. The molecule has 3 rings (SSSR count). The normalized spacial score (nSPS) is 19.6. The summed E-state index contributed by atoms with van der Waals surface area (Å²) in [5.41, 5.74) is 1.58. The maximum Gasteiger partial charge on any atom is 0.130 e. The van der Waals surface area contributed by atoms with Crippen LogP contribution in [0.1, 0.15) is 31.2 Å². The average Bonchev–Trinajstić information content (AvgIpc) is 2.52. The molecule has 1 fully saturated rings. The van der Waals surface area contributed by atoms with Crippen molar-refractivity contribution in [1.82, 2.24) is 4.90 Å². The number of amidine groups is 1. The third-order valence-electron chi connectivity index (χ3n) is 3.39. The zero-order valence-electron chi connectivity index (χ0n) is 9.25. The molecule has 0 atom stereocenters. The quantitative estimate of drug-likeness (QED) is 0.652. The average molecular weight is 218 g/mol. The molecule has 1 aromatic rings. The molecule has 0 bridgehead atoms. The number of nitrogens with zero attached hydrogens (tertiary/aromatic N) is 2. The molecule has 0 spiro atoms. The van der Waals surface area contributed by atoms with Gasteiger partial charge in [-0.2, -0.15) is 0 Å². The number of aliphatic imine (C=N–C) groups is 1. The molecule has 1 aromatic carbocycles. The molecule has 0 N–H and O–H groups in total. The molecule has 0 aliphatic carbocycles. The van der Waals surface area contributed by atoms with Gasteiger partial charge in [-0.3, -0.25) is 0 Å². The molecule has 2 aliphatic rings. The van der Waals surface area contributed by atoms with E-state index in [2.05, 4.69) is 9.89 Å². The third kappa shape index (κ3) is 1.60. The van der Waals surface area contributed by atoms with E-state index in [4.69, 9.17) is 0 Å². The van der Waals surface area contributed by atoms with Crippen molar-refractivity contribution in [3.8, 4) is 0 Å². The van der Waals surface area contributed by atoms with Crippen molar-refractivity contribution in [2.45, 2.75) is 32.2 Å². The van der Waals surface area contributed by atoms with Gasteiger partial charge in [0, 0.05) is 25.1 Å². The highest BCUT2D eigenvalue weighted by Crippen LogP contribution is 2.30. The molecule has 2 nitrogen and oxygen atoms in total. The van der Waals surface area contributed by atoms with Crippen LogP contribution in [-0.4, -0.2) is 17.3 Å². The summed E-state index contributed by atoms with van der Waals surface area (Å²) in [6.07, 6.45) is 4.70. The van der Waals surface area contributed by atoms with E-state index >= 15 is 0 Å². The van der Waals surface area contributed by atoms with Crippen molar-refractivity contribution in [3.63, 3.8) is 0 Å². The number of hydrogen-bond acceptors (Lipinski definition) is 2. The highest BCUT2D eigenvalue weighted by atomic mass is 19.1. The van der Waals surface area contributed by atoms with Gasteiger partial charge < -0.3 is 4.90 Å². The monoisotopic (exact) mass is 218 g/mol. The van der Waals surface area contributed by atoms with Gasteiger partial charge in [0.25, 0.3) is 0 Å².